The number of allylic oxidation sites excluding steroid dienone is 2. The van der Waals surface area contributed by atoms with Crippen molar-refractivity contribution in [2.75, 3.05) is 59.5 Å². The number of aromatic nitrogens is 1. The molecule has 284 valence electrons. The molecule has 0 spiro atoms. The van der Waals surface area contributed by atoms with Crippen LogP contribution in [0.25, 0.3) is 16.8 Å². The van der Waals surface area contributed by atoms with Gasteiger partial charge >= 0.3 is 0 Å². The first-order valence-corrected chi connectivity index (χ1v) is 20.0. The Morgan fingerprint density at radius 1 is 0.833 bits per heavy atom. The normalized spacial score (nSPS) is 16.3. The number of benzene rings is 3. The number of methoxy groups -OCH3 is 4. The van der Waals surface area contributed by atoms with E-state index in [-0.39, 0.29) is 0 Å². The largest absolute Gasteiger partial charge is 0.493 e. The minimum absolute atomic E-state index is 0.416. The fourth-order valence-electron chi connectivity index (χ4n) is 8.04. The highest BCUT2D eigenvalue weighted by Crippen LogP contribution is 2.49. The molecule has 1 saturated carbocycles. The number of aryl methyl sites for hydroxylation is 1. The van der Waals surface area contributed by atoms with Gasteiger partial charge in [0.05, 0.1) is 34.1 Å². The van der Waals surface area contributed by atoms with Gasteiger partial charge < -0.3 is 29.2 Å². The molecule has 0 bridgehead atoms. The third-order valence-electron chi connectivity index (χ3n) is 10.9. The standard InChI is InChI=1S/C45H53BrN4O4/c1-6-7-33-22-34(24-42(51-2)44(33)53-4)36-20-31(26-47-27-36)28-49-18-15-39(16-19-49)50(38-12-10-37(46)11-13-38)29-30-14-17-48-41(21-30)35-23-40(32-8-9-32)45(54-5)43(25-35)52-3/h10-14,17,20-25,27,32,39,47H,6-9,15-16,18-19,26,28-29H2,1-5H3. The minimum atomic E-state index is 0.416. The molecule has 0 radical (unpaired) electrons. The van der Waals surface area contributed by atoms with Gasteiger partial charge in [0.2, 0.25) is 0 Å². The highest BCUT2D eigenvalue weighted by molar-refractivity contribution is 9.10. The summed E-state index contributed by atoms with van der Waals surface area (Å²) < 4.78 is 24.1. The summed E-state index contributed by atoms with van der Waals surface area (Å²) in [5, 5.41) is 3.55. The van der Waals surface area contributed by atoms with E-state index in [1.54, 1.807) is 28.4 Å². The molecule has 3 heterocycles. The van der Waals surface area contributed by atoms with E-state index in [1.165, 1.54) is 46.4 Å². The molecule has 0 amide bonds. The molecule has 1 aliphatic carbocycles. The lowest BCUT2D eigenvalue weighted by Gasteiger charge is -2.40. The molecule has 3 aliphatic rings. The third-order valence-corrected chi connectivity index (χ3v) is 11.5. The Morgan fingerprint density at radius 3 is 2.24 bits per heavy atom. The van der Waals surface area contributed by atoms with Crippen molar-refractivity contribution in [2.45, 2.75) is 64.0 Å². The molecule has 1 saturated heterocycles. The van der Waals surface area contributed by atoms with Crippen LogP contribution in [0.4, 0.5) is 5.69 Å². The van der Waals surface area contributed by atoms with E-state index in [0.717, 1.165) is 103 Å². The minimum Gasteiger partial charge on any atom is -0.493 e. The number of ether oxygens (including phenoxy) is 4. The molecule has 1 aromatic heterocycles. The summed E-state index contributed by atoms with van der Waals surface area (Å²) in [5.41, 5.74) is 10.6. The van der Waals surface area contributed by atoms with Crippen molar-refractivity contribution in [3.05, 3.63) is 111 Å². The molecule has 2 aliphatic heterocycles. The number of hydrogen-bond acceptors (Lipinski definition) is 8. The molecule has 7 rings (SSSR count). The lowest BCUT2D eigenvalue weighted by atomic mass is 9.96. The van der Waals surface area contributed by atoms with E-state index in [4.69, 9.17) is 23.9 Å². The van der Waals surface area contributed by atoms with E-state index in [0.29, 0.717) is 12.0 Å². The molecular formula is C45H53BrN4O4. The van der Waals surface area contributed by atoms with Crippen LogP contribution in [-0.2, 0) is 13.0 Å². The second-order valence-electron chi connectivity index (χ2n) is 14.6. The zero-order valence-corrected chi connectivity index (χ0v) is 33.9. The fourth-order valence-corrected chi connectivity index (χ4v) is 8.31. The second-order valence-corrected chi connectivity index (χ2v) is 15.6. The quantitative estimate of drug-likeness (QED) is 0.128. The number of anilines is 1. The first-order chi connectivity index (χ1) is 26.4. The van der Waals surface area contributed by atoms with Crippen LogP contribution in [0.3, 0.4) is 0 Å². The predicted molar refractivity (Wildman–Crippen MR) is 222 cm³/mol. The molecule has 0 unspecified atom stereocenters. The zero-order valence-electron chi connectivity index (χ0n) is 32.3. The van der Waals surface area contributed by atoms with Crippen molar-refractivity contribution >= 4 is 27.2 Å². The summed E-state index contributed by atoms with van der Waals surface area (Å²) in [6.07, 6.45) is 13.0. The van der Waals surface area contributed by atoms with E-state index < -0.39 is 0 Å². The van der Waals surface area contributed by atoms with Crippen molar-refractivity contribution < 1.29 is 18.9 Å². The van der Waals surface area contributed by atoms with Crippen molar-refractivity contribution in [3.63, 3.8) is 0 Å². The number of dihydropyridines is 1. The molecular weight excluding hydrogens is 740 g/mol. The number of hydrogen-bond donors (Lipinski definition) is 1. The Kier molecular flexibility index (Phi) is 12.1. The lowest BCUT2D eigenvalue weighted by Crippen LogP contribution is -2.45. The van der Waals surface area contributed by atoms with Gasteiger partial charge in [0.1, 0.15) is 0 Å². The van der Waals surface area contributed by atoms with Gasteiger partial charge in [-0.15, -0.1) is 0 Å². The van der Waals surface area contributed by atoms with Crippen LogP contribution in [0, 0.1) is 0 Å². The highest BCUT2D eigenvalue weighted by Gasteiger charge is 2.30. The van der Waals surface area contributed by atoms with Gasteiger partial charge in [0.25, 0.3) is 0 Å². The fraction of sp³-hybridized carbons (Fsp3) is 0.400. The van der Waals surface area contributed by atoms with Crippen molar-refractivity contribution in [1.29, 1.82) is 0 Å². The zero-order chi connectivity index (χ0) is 37.6. The molecule has 4 aromatic rings. The molecule has 8 nitrogen and oxygen atoms in total. The van der Waals surface area contributed by atoms with E-state index in [2.05, 4.69) is 111 Å². The highest BCUT2D eigenvalue weighted by atomic mass is 79.9. The van der Waals surface area contributed by atoms with Gasteiger partial charge in [-0.25, -0.2) is 0 Å². The molecule has 2 fully saturated rings. The van der Waals surface area contributed by atoms with Crippen molar-refractivity contribution in [2.24, 2.45) is 0 Å². The summed E-state index contributed by atoms with van der Waals surface area (Å²) >= 11 is 3.65. The molecule has 54 heavy (non-hydrogen) atoms. The van der Waals surface area contributed by atoms with Crippen LogP contribution in [0.1, 0.15) is 67.2 Å². The van der Waals surface area contributed by atoms with Gasteiger partial charge in [-0.1, -0.05) is 35.4 Å². The van der Waals surface area contributed by atoms with Gasteiger partial charge in [-0.05, 0) is 127 Å². The first kappa shape index (κ1) is 37.8. The lowest BCUT2D eigenvalue weighted by molar-refractivity contribution is 0.222. The number of piperidine rings is 1. The van der Waals surface area contributed by atoms with Crippen LogP contribution >= 0.6 is 15.9 Å². The summed E-state index contributed by atoms with van der Waals surface area (Å²) in [4.78, 5) is 10.0. The molecule has 0 atom stereocenters. The molecule has 1 N–H and O–H groups in total. The number of nitrogens with one attached hydrogen (secondary N) is 1. The summed E-state index contributed by atoms with van der Waals surface area (Å²) in [7, 11) is 6.87. The van der Waals surface area contributed by atoms with Crippen LogP contribution in [0.5, 0.6) is 23.0 Å². The average Bonchev–Trinajstić information content (AvgIpc) is 4.06. The number of likely N-dealkylation sites (tertiary alicyclic amines) is 1. The number of rotatable bonds is 15. The van der Waals surface area contributed by atoms with Crippen molar-refractivity contribution in [3.8, 4) is 34.3 Å². The predicted octanol–water partition coefficient (Wildman–Crippen LogP) is 9.42. The summed E-state index contributed by atoms with van der Waals surface area (Å²) in [5.74, 6) is 3.75. The van der Waals surface area contributed by atoms with Gasteiger partial charge in [-0.3, -0.25) is 9.88 Å². The maximum atomic E-state index is 5.78. The average molecular weight is 794 g/mol. The van der Waals surface area contributed by atoms with E-state index in [1.807, 2.05) is 6.20 Å². The Hall–Kier alpha value is -4.47. The summed E-state index contributed by atoms with van der Waals surface area (Å²) in [6.45, 7) is 6.89. The number of pyridine rings is 1. The van der Waals surface area contributed by atoms with Crippen LogP contribution in [-0.4, -0.2) is 70.5 Å². The number of nitrogens with zero attached hydrogens (tertiary/aromatic N) is 3. The maximum absolute atomic E-state index is 5.78. The van der Waals surface area contributed by atoms with Crippen molar-refractivity contribution in [1.82, 2.24) is 15.2 Å². The SMILES string of the molecule is CCCc1cc(C2=CNCC(CN3CCC(N(Cc4ccnc(-c5cc(OC)c(OC)c(C6CC6)c5)c4)c4ccc(Br)cc4)CC3)=C2)cc(OC)c1OC. The first-order valence-electron chi connectivity index (χ1n) is 19.2. The third kappa shape index (κ3) is 8.58. The smallest absolute Gasteiger partial charge is 0.164 e. The monoisotopic (exact) mass is 792 g/mol. The van der Waals surface area contributed by atoms with Gasteiger partial charge in [0.15, 0.2) is 23.0 Å². The molecule has 3 aromatic carbocycles. The number of halogens is 1. The van der Waals surface area contributed by atoms with Crippen LogP contribution in [0.2, 0.25) is 0 Å². The second kappa shape index (κ2) is 17.3. The van der Waals surface area contributed by atoms with E-state index >= 15 is 0 Å². The Bertz CT molecular complexity index is 1980. The molecule has 9 heteroatoms. The Balaban J connectivity index is 1.06. The maximum Gasteiger partial charge on any atom is 0.164 e. The van der Waals surface area contributed by atoms with Gasteiger partial charge in [-0.2, -0.15) is 0 Å². The topological polar surface area (TPSA) is 68.3 Å². The van der Waals surface area contributed by atoms with Gasteiger partial charge in [0, 0.05) is 72.4 Å². The Labute approximate surface area is 329 Å². The van der Waals surface area contributed by atoms with Crippen LogP contribution < -0.4 is 29.2 Å². The Morgan fingerprint density at radius 2 is 1.56 bits per heavy atom. The summed E-state index contributed by atoms with van der Waals surface area (Å²) in [6, 6.07) is 22.3. The van der Waals surface area contributed by atoms with E-state index in [9.17, 15) is 0 Å². The van der Waals surface area contributed by atoms with Crippen LogP contribution in [0.15, 0.2) is 89.2 Å².